The van der Waals surface area contributed by atoms with Crippen LogP contribution in [0.2, 0.25) is 0 Å². The molecule has 164 valence electrons. The molecule has 9 heteroatoms. The highest BCUT2D eigenvalue weighted by Gasteiger charge is 2.20. The van der Waals surface area contributed by atoms with Gasteiger partial charge in [-0.15, -0.1) is 0 Å². The van der Waals surface area contributed by atoms with Crippen molar-refractivity contribution in [3.8, 4) is 11.5 Å². The van der Waals surface area contributed by atoms with E-state index in [2.05, 4.69) is 26.7 Å². The second-order valence-electron chi connectivity index (χ2n) is 6.51. The topological polar surface area (TPSA) is 79.7 Å². The Kier molecular flexibility index (Phi) is 7.56. The Morgan fingerprint density at radius 1 is 0.938 bits per heavy atom. The minimum absolute atomic E-state index is 0.0670. The fourth-order valence-electron chi connectivity index (χ4n) is 2.84. The number of methoxy groups -OCH3 is 2. The third-order valence-corrected chi connectivity index (χ3v) is 4.88. The second kappa shape index (κ2) is 10.5. The molecule has 0 saturated heterocycles. The van der Waals surface area contributed by atoms with Gasteiger partial charge >= 0.3 is 5.91 Å². The summed E-state index contributed by atoms with van der Waals surface area (Å²) in [5.74, 6) is -0.359. The molecule has 0 aliphatic heterocycles. The maximum Gasteiger partial charge on any atom is 0.311 e. The van der Waals surface area contributed by atoms with Gasteiger partial charge in [0, 0.05) is 15.6 Å². The first-order chi connectivity index (χ1) is 15.4. The lowest BCUT2D eigenvalue weighted by molar-refractivity contribution is -0.740. The van der Waals surface area contributed by atoms with Crippen LogP contribution in [0.5, 0.6) is 11.5 Å². The van der Waals surface area contributed by atoms with Crippen molar-refractivity contribution >= 4 is 39.6 Å². The summed E-state index contributed by atoms with van der Waals surface area (Å²) in [6.07, 6.45) is 1.12. The number of hydrogen-bond donors (Lipinski definition) is 2. The number of anilines is 1. The zero-order valence-electron chi connectivity index (χ0n) is 17.3. The van der Waals surface area contributed by atoms with Crippen molar-refractivity contribution in [1.82, 2.24) is 5.43 Å². The van der Waals surface area contributed by atoms with Crippen molar-refractivity contribution in [2.45, 2.75) is 0 Å². The van der Waals surface area contributed by atoms with E-state index < -0.39 is 11.8 Å². The first-order valence-corrected chi connectivity index (χ1v) is 10.2. The molecule has 2 N–H and O–H groups in total. The number of rotatable bonds is 7. The molecule has 0 spiro atoms. The van der Waals surface area contributed by atoms with E-state index >= 15 is 0 Å². The fourth-order valence-corrected chi connectivity index (χ4v) is 3.21. The van der Waals surface area contributed by atoms with Crippen LogP contribution in [0, 0.1) is 0 Å². The molecule has 2 amide bonds. The Morgan fingerprint density at radius 3 is 2.34 bits per heavy atom. The number of carbonyl (C=O) groups excluding carboxylic acids is 2. The highest BCUT2D eigenvalue weighted by atomic mass is 79.9. The molecule has 0 radical (unpaired) electrons. The zero-order chi connectivity index (χ0) is 23.1. The van der Waals surface area contributed by atoms with Gasteiger partial charge in [0.05, 0.1) is 25.5 Å². The molecule has 0 unspecified atom stereocenters. The number of halogens is 2. The summed E-state index contributed by atoms with van der Waals surface area (Å²) in [5.41, 5.74) is 3.25. The number of ether oxygens (including phenoxy) is 2. The lowest BCUT2D eigenvalue weighted by atomic mass is 10.1. The van der Waals surface area contributed by atoms with Gasteiger partial charge in [0.1, 0.15) is 9.39 Å². The minimum atomic E-state index is -0.747. The number of amides is 2. The van der Waals surface area contributed by atoms with E-state index in [0.717, 1.165) is 6.21 Å². The summed E-state index contributed by atoms with van der Waals surface area (Å²) >= 11 is 3.29. The molecule has 0 aliphatic rings. The molecule has 0 heterocycles. The van der Waals surface area contributed by atoms with E-state index in [4.69, 9.17) is 9.47 Å². The first-order valence-electron chi connectivity index (χ1n) is 9.40. The molecular weight excluding hydrogens is 481 g/mol. The number of nitrogens with zero attached hydrogens (tertiary/aromatic N) is 1. The molecule has 3 aromatic carbocycles. The largest absolute Gasteiger partial charge is 0.493 e. The van der Waals surface area contributed by atoms with Gasteiger partial charge in [-0.25, -0.2) is 0 Å². The number of hydrogen-bond acceptors (Lipinski definition) is 4. The standard InChI is InChI=1S/C23H19BrFN3O4/c1-31-20-11-8-16(12-21(20)32-2)22(29)26-19-10-9-17(24)13-18(19)23(30)27-28(25)14-15-6-4-3-5-7-15/h3-14H,1-2H3,(H-,26,27,29,30)/p+1. The Morgan fingerprint density at radius 2 is 1.66 bits per heavy atom. The number of nitrogens with one attached hydrogen (secondary N) is 2. The molecule has 0 saturated carbocycles. The van der Waals surface area contributed by atoms with Crippen molar-refractivity contribution in [3.05, 3.63) is 87.9 Å². The van der Waals surface area contributed by atoms with E-state index in [9.17, 15) is 14.1 Å². The SMILES string of the molecule is COc1ccc(C(=O)Nc2ccc(Br)cc2C(=O)N[N+](F)=Cc2ccccc2)cc1OC. The van der Waals surface area contributed by atoms with Gasteiger partial charge in [-0.1, -0.05) is 39.6 Å². The van der Waals surface area contributed by atoms with Gasteiger partial charge in [-0.2, -0.15) is 0 Å². The molecular formula is C23H20BrFN3O4+. The van der Waals surface area contributed by atoms with Crippen LogP contribution in [-0.2, 0) is 0 Å². The van der Waals surface area contributed by atoms with Crippen LogP contribution in [0.4, 0.5) is 10.2 Å². The average molecular weight is 501 g/mol. The van der Waals surface area contributed by atoms with E-state index in [1.807, 2.05) is 0 Å². The highest BCUT2D eigenvalue weighted by molar-refractivity contribution is 9.10. The summed E-state index contributed by atoms with van der Waals surface area (Å²) in [6, 6.07) is 18.0. The molecule has 0 aliphatic carbocycles. The molecule has 32 heavy (non-hydrogen) atoms. The Hall–Kier alpha value is -3.72. The molecule has 0 bridgehead atoms. The van der Waals surface area contributed by atoms with Gasteiger partial charge < -0.3 is 14.8 Å². The summed E-state index contributed by atoms with van der Waals surface area (Å²) in [6.45, 7) is 0. The summed E-state index contributed by atoms with van der Waals surface area (Å²) < 4.78 is 25.2. The summed E-state index contributed by atoms with van der Waals surface area (Å²) in [4.78, 5) is 25.5. The Balaban J connectivity index is 1.82. The van der Waals surface area contributed by atoms with Crippen molar-refractivity contribution in [2.24, 2.45) is 0 Å². The normalized spacial score (nSPS) is 10.9. The van der Waals surface area contributed by atoms with Crippen LogP contribution < -0.4 is 20.2 Å². The molecule has 7 nitrogen and oxygen atoms in total. The average Bonchev–Trinajstić information content (AvgIpc) is 2.80. The van der Waals surface area contributed by atoms with Gasteiger partial charge in [-0.05, 0) is 48.5 Å². The smallest absolute Gasteiger partial charge is 0.311 e. The monoisotopic (exact) mass is 500 g/mol. The first kappa shape index (κ1) is 23.0. The molecule has 0 fully saturated rings. The van der Waals surface area contributed by atoms with Gasteiger partial charge in [0.25, 0.3) is 12.1 Å². The van der Waals surface area contributed by atoms with Crippen molar-refractivity contribution in [1.29, 1.82) is 0 Å². The van der Waals surface area contributed by atoms with E-state index in [1.165, 1.54) is 26.4 Å². The lowest BCUT2D eigenvalue weighted by Crippen LogP contribution is -2.31. The minimum Gasteiger partial charge on any atom is -0.493 e. The van der Waals surface area contributed by atoms with Crippen molar-refractivity contribution in [2.75, 3.05) is 19.5 Å². The molecule has 3 rings (SSSR count). The van der Waals surface area contributed by atoms with Crippen LogP contribution in [-0.4, -0.2) is 37.2 Å². The third-order valence-electron chi connectivity index (χ3n) is 4.39. The van der Waals surface area contributed by atoms with Crippen LogP contribution in [0.25, 0.3) is 0 Å². The number of carbonyl (C=O) groups is 2. The predicted octanol–water partition coefficient (Wildman–Crippen LogP) is 4.38. The highest BCUT2D eigenvalue weighted by Crippen LogP contribution is 2.28. The summed E-state index contributed by atoms with van der Waals surface area (Å²) in [5, 5.41) is 2.68. The Labute approximate surface area is 192 Å². The van der Waals surface area contributed by atoms with E-state index in [-0.39, 0.29) is 16.2 Å². The van der Waals surface area contributed by atoms with Crippen molar-refractivity contribution < 1.29 is 28.5 Å². The van der Waals surface area contributed by atoms with Crippen LogP contribution >= 0.6 is 15.9 Å². The number of hydrazone groups is 1. The predicted molar refractivity (Wildman–Crippen MR) is 122 cm³/mol. The number of hydrazine groups is 1. The lowest BCUT2D eigenvalue weighted by Gasteiger charge is -2.12. The quantitative estimate of drug-likeness (QED) is 0.286. The van der Waals surface area contributed by atoms with Crippen LogP contribution in [0.15, 0.2) is 71.2 Å². The molecule has 3 aromatic rings. The molecule has 0 aromatic heterocycles. The van der Waals surface area contributed by atoms with E-state index in [0.29, 0.717) is 27.1 Å². The Bertz CT molecular complexity index is 1170. The van der Waals surface area contributed by atoms with Crippen molar-refractivity contribution in [3.63, 3.8) is 0 Å². The number of benzene rings is 3. The zero-order valence-corrected chi connectivity index (χ0v) is 18.9. The summed E-state index contributed by atoms with van der Waals surface area (Å²) in [7, 11) is 2.96. The second-order valence-corrected chi connectivity index (χ2v) is 7.42. The van der Waals surface area contributed by atoms with Crippen LogP contribution in [0.3, 0.4) is 0 Å². The third kappa shape index (κ3) is 5.70. The van der Waals surface area contributed by atoms with Gasteiger partial charge in [0.2, 0.25) is 0 Å². The van der Waals surface area contributed by atoms with Gasteiger partial charge in [0.15, 0.2) is 11.5 Å². The van der Waals surface area contributed by atoms with E-state index in [1.54, 1.807) is 54.6 Å². The maximum atomic E-state index is 14.3. The fraction of sp³-hybridized carbons (Fsp3) is 0.0870. The van der Waals surface area contributed by atoms with Crippen LogP contribution in [0.1, 0.15) is 26.3 Å². The molecule has 0 atom stereocenters. The van der Waals surface area contributed by atoms with Gasteiger partial charge in [-0.3, -0.25) is 9.59 Å². The maximum absolute atomic E-state index is 14.3.